The van der Waals surface area contributed by atoms with E-state index in [-0.39, 0.29) is 24.3 Å². The minimum Gasteiger partial charge on any atom is -0.481 e. The van der Waals surface area contributed by atoms with Crippen LogP contribution >= 0.6 is 0 Å². The van der Waals surface area contributed by atoms with Crippen LogP contribution in [0.5, 0.6) is 0 Å². The standard InChI is InChI=1S/C14H25N3O4/c1-10(2)7-15-11(18)8-16-13(21)17-9-14(4-3-5-14)6-12(19)20/h10H,3-9H2,1-2H3,(H,15,18)(H,19,20)(H2,16,17,21). The van der Waals surface area contributed by atoms with Crippen LogP contribution in [-0.2, 0) is 9.59 Å². The van der Waals surface area contributed by atoms with Crippen LogP contribution in [0.3, 0.4) is 0 Å². The highest BCUT2D eigenvalue weighted by Gasteiger charge is 2.39. The molecule has 0 unspecified atom stereocenters. The molecule has 0 aromatic heterocycles. The number of nitrogens with one attached hydrogen (secondary N) is 3. The van der Waals surface area contributed by atoms with Crippen LogP contribution in [-0.4, -0.2) is 42.6 Å². The van der Waals surface area contributed by atoms with Gasteiger partial charge in [0.15, 0.2) is 0 Å². The highest BCUT2D eigenvalue weighted by Crippen LogP contribution is 2.43. The van der Waals surface area contributed by atoms with Gasteiger partial charge in [0, 0.05) is 13.1 Å². The van der Waals surface area contributed by atoms with Gasteiger partial charge in [0.05, 0.1) is 13.0 Å². The van der Waals surface area contributed by atoms with Gasteiger partial charge >= 0.3 is 12.0 Å². The summed E-state index contributed by atoms with van der Waals surface area (Å²) in [5.41, 5.74) is -0.316. The summed E-state index contributed by atoms with van der Waals surface area (Å²) in [7, 11) is 0. The van der Waals surface area contributed by atoms with E-state index < -0.39 is 12.0 Å². The fraction of sp³-hybridized carbons (Fsp3) is 0.786. The van der Waals surface area contributed by atoms with Gasteiger partial charge in [-0.1, -0.05) is 20.3 Å². The minimum atomic E-state index is -0.843. The van der Waals surface area contributed by atoms with Crippen LogP contribution in [0.15, 0.2) is 0 Å². The van der Waals surface area contributed by atoms with E-state index in [2.05, 4.69) is 16.0 Å². The number of rotatable bonds is 8. The molecule has 0 spiro atoms. The molecule has 0 aromatic rings. The Kier molecular flexibility index (Phi) is 6.45. The summed E-state index contributed by atoms with van der Waals surface area (Å²) in [5.74, 6) is -0.718. The average molecular weight is 299 g/mol. The van der Waals surface area contributed by atoms with Crippen molar-refractivity contribution in [3.63, 3.8) is 0 Å². The van der Waals surface area contributed by atoms with Gasteiger partial charge in [-0.25, -0.2) is 4.79 Å². The first kappa shape index (κ1) is 17.3. The maximum Gasteiger partial charge on any atom is 0.315 e. The van der Waals surface area contributed by atoms with Crippen LogP contribution in [0.2, 0.25) is 0 Å². The van der Waals surface area contributed by atoms with Crippen molar-refractivity contribution in [2.24, 2.45) is 11.3 Å². The van der Waals surface area contributed by atoms with Crippen LogP contribution < -0.4 is 16.0 Å². The van der Waals surface area contributed by atoms with E-state index in [1.165, 1.54) is 0 Å². The van der Waals surface area contributed by atoms with Crippen molar-refractivity contribution in [1.29, 1.82) is 0 Å². The molecule has 0 bridgehead atoms. The third-order valence-corrected chi connectivity index (χ3v) is 3.68. The number of carboxylic acids is 1. The van der Waals surface area contributed by atoms with Crippen molar-refractivity contribution in [2.45, 2.75) is 39.5 Å². The molecule has 1 saturated carbocycles. The molecule has 0 heterocycles. The van der Waals surface area contributed by atoms with Crippen LogP contribution in [0, 0.1) is 11.3 Å². The second kappa shape index (κ2) is 7.85. The summed E-state index contributed by atoms with van der Waals surface area (Å²) in [5, 5.41) is 16.7. The largest absolute Gasteiger partial charge is 0.481 e. The molecule has 1 aliphatic rings. The predicted octanol–water partition coefficient (Wildman–Crippen LogP) is 0.703. The fourth-order valence-electron chi connectivity index (χ4n) is 2.28. The maximum atomic E-state index is 11.6. The van der Waals surface area contributed by atoms with E-state index in [1.54, 1.807) is 0 Å². The molecule has 7 nitrogen and oxygen atoms in total. The molecule has 1 fully saturated rings. The number of hydrogen-bond donors (Lipinski definition) is 4. The molecule has 0 aromatic carbocycles. The molecule has 21 heavy (non-hydrogen) atoms. The zero-order chi connectivity index (χ0) is 15.9. The molecule has 7 heteroatoms. The van der Waals surface area contributed by atoms with Crippen molar-refractivity contribution in [3.8, 4) is 0 Å². The topological polar surface area (TPSA) is 108 Å². The van der Waals surface area contributed by atoms with E-state index in [1.807, 2.05) is 13.8 Å². The van der Waals surface area contributed by atoms with Gasteiger partial charge in [-0.3, -0.25) is 9.59 Å². The molecule has 0 saturated heterocycles. The van der Waals surface area contributed by atoms with Gasteiger partial charge in [0.25, 0.3) is 0 Å². The number of urea groups is 1. The first-order chi connectivity index (χ1) is 9.83. The zero-order valence-electron chi connectivity index (χ0n) is 12.7. The van der Waals surface area contributed by atoms with Gasteiger partial charge in [-0.05, 0) is 24.2 Å². The first-order valence-corrected chi connectivity index (χ1v) is 7.33. The Morgan fingerprint density at radius 2 is 1.81 bits per heavy atom. The van der Waals surface area contributed by atoms with E-state index in [9.17, 15) is 14.4 Å². The molecule has 1 aliphatic carbocycles. The van der Waals surface area contributed by atoms with E-state index in [4.69, 9.17) is 5.11 Å². The van der Waals surface area contributed by atoms with Gasteiger partial charge in [0.2, 0.25) is 5.91 Å². The monoisotopic (exact) mass is 299 g/mol. The van der Waals surface area contributed by atoms with Crippen molar-refractivity contribution in [1.82, 2.24) is 16.0 Å². The number of carbonyl (C=O) groups is 3. The first-order valence-electron chi connectivity index (χ1n) is 7.33. The van der Waals surface area contributed by atoms with Crippen LogP contribution in [0.25, 0.3) is 0 Å². The number of aliphatic carboxylic acids is 1. The van der Waals surface area contributed by atoms with E-state index >= 15 is 0 Å². The average Bonchev–Trinajstić information content (AvgIpc) is 2.36. The molecule has 1 rings (SSSR count). The lowest BCUT2D eigenvalue weighted by atomic mass is 9.66. The molecule has 0 radical (unpaired) electrons. The number of amides is 3. The smallest absolute Gasteiger partial charge is 0.315 e. The third kappa shape index (κ3) is 6.46. The van der Waals surface area contributed by atoms with Gasteiger partial charge < -0.3 is 21.1 Å². The molecular weight excluding hydrogens is 274 g/mol. The Bertz CT molecular complexity index is 392. The fourth-order valence-corrected chi connectivity index (χ4v) is 2.28. The Labute approximate surface area is 124 Å². The SMILES string of the molecule is CC(C)CNC(=O)CNC(=O)NCC1(CC(=O)O)CCC1. The summed E-state index contributed by atoms with van der Waals surface area (Å²) in [4.78, 5) is 33.9. The Balaban J connectivity index is 2.21. The summed E-state index contributed by atoms with van der Waals surface area (Å²) < 4.78 is 0. The third-order valence-electron chi connectivity index (χ3n) is 3.68. The Morgan fingerprint density at radius 1 is 1.14 bits per heavy atom. The highest BCUT2D eigenvalue weighted by molar-refractivity contribution is 5.83. The quantitative estimate of drug-likeness (QED) is 0.529. The second-order valence-corrected chi connectivity index (χ2v) is 6.16. The Hall–Kier alpha value is -1.79. The van der Waals surface area contributed by atoms with Crippen LogP contribution in [0.4, 0.5) is 4.79 Å². The van der Waals surface area contributed by atoms with E-state index in [0.717, 1.165) is 19.3 Å². The van der Waals surface area contributed by atoms with Crippen LogP contribution in [0.1, 0.15) is 39.5 Å². The molecular formula is C14H25N3O4. The van der Waals surface area contributed by atoms with Gasteiger partial charge in [0.1, 0.15) is 0 Å². The minimum absolute atomic E-state index is 0.0716. The normalized spacial score (nSPS) is 16.0. The lowest BCUT2D eigenvalue weighted by Crippen LogP contribution is -2.48. The van der Waals surface area contributed by atoms with Crippen molar-refractivity contribution < 1.29 is 19.5 Å². The molecule has 0 aliphatic heterocycles. The highest BCUT2D eigenvalue weighted by atomic mass is 16.4. The lowest BCUT2D eigenvalue weighted by Gasteiger charge is -2.40. The lowest BCUT2D eigenvalue weighted by molar-refractivity contribution is -0.141. The summed E-state index contributed by atoms with van der Waals surface area (Å²) >= 11 is 0. The molecule has 120 valence electrons. The number of carboxylic acid groups (broad SMARTS) is 1. The number of carbonyl (C=O) groups excluding carboxylic acids is 2. The summed E-state index contributed by atoms with van der Waals surface area (Å²) in [6.45, 7) is 4.80. The molecule has 0 atom stereocenters. The summed E-state index contributed by atoms with van der Waals surface area (Å²) in [6, 6.07) is -0.439. The second-order valence-electron chi connectivity index (χ2n) is 6.16. The summed E-state index contributed by atoms with van der Waals surface area (Å²) in [6.07, 6.45) is 2.69. The van der Waals surface area contributed by atoms with E-state index in [0.29, 0.717) is 19.0 Å². The molecule has 4 N–H and O–H groups in total. The Morgan fingerprint density at radius 3 is 2.29 bits per heavy atom. The predicted molar refractivity (Wildman–Crippen MR) is 77.8 cm³/mol. The van der Waals surface area contributed by atoms with Crippen molar-refractivity contribution in [3.05, 3.63) is 0 Å². The molecule has 3 amide bonds. The van der Waals surface area contributed by atoms with Gasteiger partial charge in [-0.2, -0.15) is 0 Å². The maximum absolute atomic E-state index is 11.6. The van der Waals surface area contributed by atoms with Crippen molar-refractivity contribution in [2.75, 3.05) is 19.6 Å². The van der Waals surface area contributed by atoms with Gasteiger partial charge in [-0.15, -0.1) is 0 Å². The zero-order valence-corrected chi connectivity index (χ0v) is 12.7. The van der Waals surface area contributed by atoms with Crippen molar-refractivity contribution >= 4 is 17.9 Å². The number of hydrogen-bond acceptors (Lipinski definition) is 3.